The molecule has 0 aromatic heterocycles. The Kier molecular flexibility index (Phi) is 5.13. The summed E-state index contributed by atoms with van der Waals surface area (Å²) in [7, 11) is 0. The zero-order chi connectivity index (χ0) is 24.2. The summed E-state index contributed by atoms with van der Waals surface area (Å²) in [6.07, 6.45) is 9.87. The van der Waals surface area contributed by atoms with Gasteiger partial charge in [0.2, 0.25) is 0 Å². The molecule has 4 heteroatoms. The fourth-order valence-corrected chi connectivity index (χ4v) is 9.90. The zero-order valence-electron chi connectivity index (χ0n) is 21.7. The van der Waals surface area contributed by atoms with E-state index in [0.29, 0.717) is 30.6 Å². The molecule has 4 nitrogen and oxygen atoms in total. The molecule has 9 unspecified atom stereocenters. The molecule has 0 aromatic carbocycles. The molecule has 33 heavy (non-hydrogen) atoms. The van der Waals surface area contributed by atoms with Crippen molar-refractivity contribution in [3.8, 4) is 0 Å². The highest BCUT2D eigenvalue weighted by molar-refractivity contribution is 5.77. The molecule has 0 spiro atoms. The Morgan fingerprint density at radius 1 is 0.879 bits per heavy atom. The molecule has 0 aromatic rings. The van der Waals surface area contributed by atoms with Gasteiger partial charge in [-0.2, -0.15) is 0 Å². The van der Waals surface area contributed by atoms with Crippen LogP contribution < -0.4 is 0 Å². The van der Waals surface area contributed by atoms with Crippen LogP contribution in [-0.4, -0.2) is 33.5 Å². The van der Waals surface area contributed by atoms with Crippen LogP contribution >= 0.6 is 0 Å². The highest BCUT2D eigenvalue weighted by atomic mass is 16.4. The molecule has 186 valence electrons. The second-order valence-corrected chi connectivity index (χ2v) is 14.3. The average Bonchev–Trinajstić information content (AvgIpc) is 2.73. The molecule has 5 aliphatic rings. The predicted molar refractivity (Wildman–Crippen MR) is 129 cm³/mol. The first-order valence-electron chi connectivity index (χ1n) is 13.5. The van der Waals surface area contributed by atoms with Gasteiger partial charge >= 0.3 is 5.97 Å². The van der Waals surface area contributed by atoms with E-state index >= 15 is 0 Å². The average molecular weight is 459 g/mol. The quantitative estimate of drug-likeness (QED) is 0.433. The Bertz CT molecular complexity index is 873. The fourth-order valence-electron chi connectivity index (χ4n) is 9.90. The number of hydrogen-bond acceptors (Lipinski definition) is 3. The van der Waals surface area contributed by atoms with Gasteiger partial charge in [0.25, 0.3) is 0 Å². The third kappa shape index (κ3) is 2.86. The second kappa shape index (κ2) is 7.09. The van der Waals surface area contributed by atoms with Crippen molar-refractivity contribution in [2.24, 2.45) is 50.7 Å². The minimum absolute atomic E-state index is 0.0379. The van der Waals surface area contributed by atoms with E-state index in [0.717, 1.165) is 44.9 Å². The number of carbonyl (C=O) groups is 1. The summed E-state index contributed by atoms with van der Waals surface area (Å²) in [5.74, 6) is 0.763. The normalized spacial score (nSPS) is 52.4. The summed E-state index contributed by atoms with van der Waals surface area (Å²) >= 11 is 0. The Labute approximate surface area is 200 Å². The summed E-state index contributed by atoms with van der Waals surface area (Å²) in [6, 6.07) is 0. The summed E-state index contributed by atoms with van der Waals surface area (Å²) in [5.41, 5.74) is 0.189. The van der Waals surface area contributed by atoms with Crippen molar-refractivity contribution in [3.05, 3.63) is 11.6 Å². The molecule has 4 fully saturated rings. The van der Waals surface area contributed by atoms with Gasteiger partial charge in [0.05, 0.1) is 17.6 Å². The van der Waals surface area contributed by atoms with Crippen molar-refractivity contribution in [2.75, 3.05) is 0 Å². The molecule has 0 saturated heterocycles. The lowest BCUT2D eigenvalue weighted by Crippen LogP contribution is -2.64. The van der Waals surface area contributed by atoms with E-state index in [1.54, 1.807) is 0 Å². The molecule has 3 N–H and O–H groups in total. The van der Waals surface area contributed by atoms with Gasteiger partial charge in [0.1, 0.15) is 0 Å². The predicted octanol–water partition coefficient (Wildman–Crippen LogP) is 5.81. The molecule has 0 amide bonds. The maximum atomic E-state index is 12.7. The Morgan fingerprint density at radius 2 is 1.55 bits per heavy atom. The maximum absolute atomic E-state index is 12.7. The van der Waals surface area contributed by atoms with Crippen molar-refractivity contribution < 1.29 is 20.1 Å². The van der Waals surface area contributed by atoms with E-state index < -0.39 is 17.5 Å². The van der Waals surface area contributed by atoms with Crippen LogP contribution in [-0.2, 0) is 4.79 Å². The highest BCUT2D eigenvalue weighted by Gasteiger charge is 2.68. The number of fused-ring (bicyclic) bond motifs is 7. The molecule has 0 heterocycles. The summed E-state index contributed by atoms with van der Waals surface area (Å²) < 4.78 is 0. The minimum atomic E-state index is -0.822. The molecule has 9 atom stereocenters. The van der Waals surface area contributed by atoms with Crippen LogP contribution in [0.4, 0.5) is 0 Å². The first-order valence-corrected chi connectivity index (χ1v) is 13.5. The number of aliphatic hydroxyl groups is 2. The van der Waals surface area contributed by atoms with Gasteiger partial charge in [0, 0.05) is 5.92 Å². The molecule has 5 rings (SSSR count). The molecular formula is C29H46O4. The molecule has 5 aliphatic carbocycles. The van der Waals surface area contributed by atoms with E-state index in [-0.39, 0.29) is 33.7 Å². The number of aliphatic carboxylic acids is 1. The first kappa shape index (κ1) is 23.9. The zero-order valence-corrected chi connectivity index (χ0v) is 21.7. The van der Waals surface area contributed by atoms with Crippen LogP contribution in [0.1, 0.15) is 99.3 Å². The van der Waals surface area contributed by atoms with Gasteiger partial charge in [-0.05, 0) is 97.2 Å². The number of carboxylic acid groups (broad SMARTS) is 1. The largest absolute Gasteiger partial charge is 0.481 e. The van der Waals surface area contributed by atoms with Gasteiger partial charge < -0.3 is 15.3 Å². The van der Waals surface area contributed by atoms with Crippen molar-refractivity contribution in [1.82, 2.24) is 0 Å². The van der Waals surface area contributed by atoms with Crippen LogP contribution in [0.25, 0.3) is 0 Å². The summed E-state index contributed by atoms with van der Waals surface area (Å²) in [5, 5.41) is 32.9. The van der Waals surface area contributed by atoms with Crippen molar-refractivity contribution in [1.29, 1.82) is 0 Å². The van der Waals surface area contributed by atoms with Gasteiger partial charge in [-0.1, -0.05) is 53.2 Å². The number of rotatable bonds is 1. The lowest BCUT2D eigenvalue weighted by Gasteiger charge is -2.68. The molecule has 0 bridgehead atoms. The summed E-state index contributed by atoms with van der Waals surface area (Å²) in [4.78, 5) is 12.7. The molecule has 4 saturated carbocycles. The summed E-state index contributed by atoms with van der Waals surface area (Å²) in [6.45, 7) is 13.7. The van der Waals surface area contributed by atoms with Crippen molar-refractivity contribution in [3.63, 3.8) is 0 Å². The van der Waals surface area contributed by atoms with Crippen molar-refractivity contribution >= 4 is 5.97 Å². The van der Waals surface area contributed by atoms with Gasteiger partial charge in [-0.25, -0.2) is 0 Å². The highest BCUT2D eigenvalue weighted by Crippen LogP contribution is 2.73. The number of hydrogen-bond donors (Lipinski definition) is 3. The van der Waals surface area contributed by atoms with Crippen LogP contribution in [0.2, 0.25) is 0 Å². The van der Waals surface area contributed by atoms with Crippen LogP contribution in [0.5, 0.6) is 0 Å². The first-order chi connectivity index (χ1) is 15.2. The monoisotopic (exact) mass is 458 g/mol. The Hall–Kier alpha value is -0.870. The fraction of sp³-hybridized carbons (Fsp3) is 0.897. The number of aliphatic hydroxyl groups excluding tert-OH is 2. The van der Waals surface area contributed by atoms with Crippen molar-refractivity contribution in [2.45, 2.75) is 112 Å². The SMILES string of the molecule is CC1(C)CCC2(C(=O)O)CCC3(C)C(=CCC4C5CCC(O)C(C)(C)C5CCC43C)C2C1O. The van der Waals surface area contributed by atoms with E-state index in [4.69, 9.17) is 0 Å². The third-order valence-electron chi connectivity index (χ3n) is 12.7. The standard InChI is InChI=1S/C29H46O4/c1-25(2)13-15-29(24(32)33)16-14-28(6)20(22(29)23(25)31)9-8-19-17-7-10-21(30)26(3,4)18(17)11-12-27(19,28)5/h9,17-19,21-23,30-31H,7-8,10-16H2,1-6H3,(H,32,33). The van der Waals surface area contributed by atoms with Crippen LogP contribution in [0, 0.1) is 50.7 Å². The van der Waals surface area contributed by atoms with Gasteiger partial charge in [0.15, 0.2) is 0 Å². The smallest absolute Gasteiger partial charge is 0.310 e. The second-order valence-electron chi connectivity index (χ2n) is 14.3. The number of carboxylic acids is 1. The molecule has 0 aliphatic heterocycles. The Balaban J connectivity index is 1.59. The van der Waals surface area contributed by atoms with E-state index in [1.165, 1.54) is 5.57 Å². The topological polar surface area (TPSA) is 77.8 Å². The van der Waals surface area contributed by atoms with Crippen LogP contribution in [0.15, 0.2) is 11.6 Å². The maximum Gasteiger partial charge on any atom is 0.310 e. The third-order valence-corrected chi connectivity index (χ3v) is 12.7. The van der Waals surface area contributed by atoms with E-state index in [2.05, 4.69) is 47.6 Å². The van der Waals surface area contributed by atoms with Gasteiger partial charge in [-0.3, -0.25) is 4.79 Å². The number of allylic oxidation sites excluding steroid dienone is 1. The lowest BCUT2D eigenvalue weighted by molar-refractivity contribution is -0.190. The van der Waals surface area contributed by atoms with Crippen LogP contribution in [0.3, 0.4) is 0 Å². The Morgan fingerprint density at radius 3 is 2.21 bits per heavy atom. The molecular weight excluding hydrogens is 412 g/mol. The lowest BCUT2D eigenvalue weighted by atomic mass is 9.36. The molecule has 0 radical (unpaired) electrons. The van der Waals surface area contributed by atoms with E-state index in [9.17, 15) is 20.1 Å². The minimum Gasteiger partial charge on any atom is -0.481 e. The van der Waals surface area contributed by atoms with Gasteiger partial charge in [-0.15, -0.1) is 0 Å². The van der Waals surface area contributed by atoms with E-state index in [1.807, 2.05) is 0 Å².